The highest BCUT2D eigenvalue weighted by Crippen LogP contribution is 2.31. The van der Waals surface area contributed by atoms with Crippen LogP contribution in [0.2, 0.25) is 4.34 Å². The van der Waals surface area contributed by atoms with Gasteiger partial charge in [-0.3, -0.25) is 9.59 Å². The van der Waals surface area contributed by atoms with Crippen molar-refractivity contribution in [2.45, 2.75) is 30.5 Å². The summed E-state index contributed by atoms with van der Waals surface area (Å²) in [6.07, 6.45) is 0.963. The largest absolute Gasteiger partial charge is 0.465 e. The Labute approximate surface area is 208 Å². The monoisotopic (exact) mass is 545 g/mol. The number of halogens is 2. The Hall–Kier alpha value is -2.12. The van der Waals surface area contributed by atoms with Crippen molar-refractivity contribution in [1.29, 1.82) is 0 Å². The number of piperidine rings is 1. The van der Waals surface area contributed by atoms with E-state index in [0.717, 1.165) is 22.7 Å². The van der Waals surface area contributed by atoms with Crippen LogP contribution in [0.1, 0.15) is 19.8 Å². The van der Waals surface area contributed by atoms with Gasteiger partial charge in [0.25, 0.3) is 15.9 Å². The van der Waals surface area contributed by atoms with Gasteiger partial charge in [-0.2, -0.15) is 9.30 Å². The molecule has 3 aromatic rings. The van der Waals surface area contributed by atoms with Gasteiger partial charge in [-0.05, 0) is 44.0 Å². The third-order valence-electron chi connectivity index (χ3n) is 5.33. The predicted octanol–water partition coefficient (Wildman–Crippen LogP) is 3.65. The maximum atomic E-state index is 14.6. The average molecular weight is 546 g/mol. The molecule has 0 spiro atoms. The number of amides is 1. The lowest BCUT2D eigenvalue weighted by atomic mass is 9.99. The first kappa shape index (κ1) is 25.0. The van der Waals surface area contributed by atoms with Crippen LogP contribution in [0.5, 0.6) is 0 Å². The van der Waals surface area contributed by atoms with Crippen LogP contribution in [-0.4, -0.2) is 48.9 Å². The minimum atomic E-state index is -3.78. The van der Waals surface area contributed by atoms with Gasteiger partial charge in [0.15, 0.2) is 4.80 Å². The summed E-state index contributed by atoms with van der Waals surface area (Å²) >= 11 is 7.94. The van der Waals surface area contributed by atoms with E-state index in [1.54, 1.807) is 13.0 Å². The number of rotatable bonds is 6. The maximum absolute atomic E-state index is 14.6. The van der Waals surface area contributed by atoms with Crippen LogP contribution in [0.25, 0.3) is 10.2 Å². The van der Waals surface area contributed by atoms with Crippen molar-refractivity contribution >= 4 is 66.4 Å². The number of sulfonamides is 1. The molecule has 1 aromatic carbocycles. The molecule has 1 aliphatic heterocycles. The molecule has 0 N–H and O–H groups in total. The molecule has 1 atom stereocenters. The quantitative estimate of drug-likeness (QED) is 0.440. The fourth-order valence-electron chi connectivity index (χ4n) is 3.77. The molecule has 8 nitrogen and oxygen atoms in total. The molecule has 1 aliphatic rings. The molecule has 34 heavy (non-hydrogen) atoms. The zero-order valence-corrected chi connectivity index (χ0v) is 21.3. The van der Waals surface area contributed by atoms with Gasteiger partial charge in [0, 0.05) is 13.1 Å². The SMILES string of the molecule is CCOC(=O)Cn1c(=NC(=O)C2CCCN(S(=O)(=O)c3ccc(Cl)s3)C2)sc2cccc(F)c21. The summed E-state index contributed by atoms with van der Waals surface area (Å²) in [7, 11) is -3.78. The summed E-state index contributed by atoms with van der Waals surface area (Å²) in [5, 5.41) is 0. The maximum Gasteiger partial charge on any atom is 0.326 e. The molecule has 3 heterocycles. The Morgan fingerprint density at radius 3 is 2.76 bits per heavy atom. The first-order valence-electron chi connectivity index (χ1n) is 10.5. The normalized spacial score (nSPS) is 17.9. The van der Waals surface area contributed by atoms with E-state index in [1.807, 2.05) is 0 Å². The van der Waals surface area contributed by atoms with Gasteiger partial charge in [-0.25, -0.2) is 12.8 Å². The first-order chi connectivity index (χ1) is 16.2. The molecule has 1 amide bonds. The highest BCUT2D eigenvalue weighted by Gasteiger charge is 2.34. The second-order valence-electron chi connectivity index (χ2n) is 7.57. The van der Waals surface area contributed by atoms with Gasteiger partial charge >= 0.3 is 5.97 Å². The molecule has 1 fully saturated rings. The van der Waals surface area contributed by atoms with E-state index in [1.165, 1.54) is 33.1 Å². The molecule has 2 aromatic heterocycles. The minimum absolute atomic E-state index is 0.0165. The second kappa shape index (κ2) is 10.2. The van der Waals surface area contributed by atoms with Crippen LogP contribution in [0, 0.1) is 11.7 Å². The number of thiophene rings is 1. The molecular formula is C21H21ClFN3O5S3. The first-order valence-corrected chi connectivity index (χ1v) is 13.9. The molecule has 0 aliphatic carbocycles. The smallest absolute Gasteiger partial charge is 0.326 e. The molecule has 0 bridgehead atoms. The number of thiazole rings is 1. The number of fused-ring (bicyclic) bond motifs is 1. The Morgan fingerprint density at radius 1 is 1.26 bits per heavy atom. The molecule has 1 saturated heterocycles. The number of aromatic nitrogens is 1. The summed E-state index contributed by atoms with van der Waals surface area (Å²) in [6.45, 7) is 1.80. The van der Waals surface area contributed by atoms with E-state index in [9.17, 15) is 22.4 Å². The summed E-state index contributed by atoms with van der Waals surface area (Å²) in [6, 6.07) is 7.44. The highest BCUT2D eigenvalue weighted by atomic mass is 35.5. The third kappa shape index (κ3) is 5.10. The molecule has 0 radical (unpaired) electrons. The lowest BCUT2D eigenvalue weighted by molar-refractivity contribution is -0.143. The minimum Gasteiger partial charge on any atom is -0.465 e. The van der Waals surface area contributed by atoms with Crippen molar-refractivity contribution in [2.75, 3.05) is 19.7 Å². The Bertz CT molecular complexity index is 1410. The third-order valence-corrected chi connectivity index (χ3v) is 9.93. The van der Waals surface area contributed by atoms with E-state index in [0.29, 0.717) is 28.4 Å². The van der Waals surface area contributed by atoms with Crippen molar-refractivity contribution in [3.05, 3.63) is 45.3 Å². The van der Waals surface area contributed by atoms with Crippen molar-refractivity contribution in [2.24, 2.45) is 10.9 Å². The van der Waals surface area contributed by atoms with Crippen LogP contribution < -0.4 is 4.80 Å². The number of carbonyl (C=O) groups excluding carboxylic acids is 2. The lowest BCUT2D eigenvalue weighted by Crippen LogP contribution is -2.42. The molecule has 182 valence electrons. The van der Waals surface area contributed by atoms with E-state index in [4.69, 9.17) is 16.3 Å². The van der Waals surface area contributed by atoms with Crippen molar-refractivity contribution in [3.8, 4) is 0 Å². The highest BCUT2D eigenvalue weighted by molar-refractivity contribution is 7.91. The zero-order valence-electron chi connectivity index (χ0n) is 18.1. The number of ether oxygens (including phenoxy) is 1. The Kier molecular flexibility index (Phi) is 7.53. The van der Waals surface area contributed by atoms with Crippen molar-refractivity contribution in [1.82, 2.24) is 8.87 Å². The van der Waals surface area contributed by atoms with Crippen LogP contribution >= 0.6 is 34.3 Å². The number of hydrogen-bond donors (Lipinski definition) is 0. The van der Waals surface area contributed by atoms with Gasteiger partial charge in [-0.15, -0.1) is 11.3 Å². The predicted molar refractivity (Wildman–Crippen MR) is 128 cm³/mol. The second-order valence-corrected chi connectivity index (χ2v) is 12.5. The topological polar surface area (TPSA) is 98.0 Å². The molecular weight excluding hydrogens is 525 g/mol. The summed E-state index contributed by atoms with van der Waals surface area (Å²) in [5.74, 6) is -2.31. The molecule has 4 rings (SSSR count). The Balaban J connectivity index is 1.65. The van der Waals surface area contributed by atoms with Crippen LogP contribution in [0.3, 0.4) is 0 Å². The van der Waals surface area contributed by atoms with Gasteiger partial charge < -0.3 is 9.30 Å². The number of carbonyl (C=O) groups is 2. The summed E-state index contributed by atoms with van der Waals surface area (Å²) in [4.78, 5) is 29.6. The Morgan fingerprint density at radius 2 is 2.06 bits per heavy atom. The van der Waals surface area contributed by atoms with Gasteiger partial charge in [0.1, 0.15) is 16.6 Å². The van der Waals surface area contributed by atoms with Crippen LogP contribution in [0.15, 0.2) is 39.5 Å². The van der Waals surface area contributed by atoms with Crippen LogP contribution in [-0.2, 0) is 30.9 Å². The van der Waals surface area contributed by atoms with Gasteiger partial charge in [-0.1, -0.05) is 29.0 Å². The van der Waals surface area contributed by atoms with E-state index >= 15 is 0 Å². The van der Waals surface area contributed by atoms with Crippen molar-refractivity contribution in [3.63, 3.8) is 0 Å². The lowest BCUT2D eigenvalue weighted by Gasteiger charge is -2.29. The van der Waals surface area contributed by atoms with Gasteiger partial charge in [0.2, 0.25) is 0 Å². The molecule has 0 saturated carbocycles. The summed E-state index contributed by atoms with van der Waals surface area (Å²) in [5.41, 5.74) is 0.162. The zero-order chi connectivity index (χ0) is 24.5. The van der Waals surface area contributed by atoms with Crippen molar-refractivity contribution < 1.29 is 27.1 Å². The number of para-hydroxylation sites is 1. The fourth-order valence-corrected chi connectivity index (χ4v) is 7.98. The average Bonchev–Trinajstić information content (AvgIpc) is 3.39. The molecule has 13 heteroatoms. The fraction of sp³-hybridized carbons (Fsp3) is 0.381. The molecule has 1 unspecified atom stereocenters. The standard InChI is InChI=1S/C21H21ClFN3O5S3/c1-2-31-17(27)12-26-19-14(23)6-3-7-15(19)32-21(26)24-20(28)13-5-4-10-25(11-13)34(29,30)18-9-8-16(22)33-18/h3,6-9,13H,2,4-5,10-12H2,1H3. The van der Waals surface area contributed by atoms with Crippen LogP contribution in [0.4, 0.5) is 4.39 Å². The number of esters is 1. The number of benzene rings is 1. The van der Waals surface area contributed by atoms with E-state index in [-0.39, 0.29) is 34.2 Å². The number of nitrogens with zero attached hydrogens (tertiary/aromatic N) is 3. The number of hydrogen-bond acceptors (Lipinski definition) is 7. The van der Waals surface area contributed by atoms with E-state index < -0.39 is 33.6 Å². The summed E-state index contributed by atoms with van der Waals surface area (Å²) < 4.78 is 49.1. The van der Waals surface area contributed by atoms with E-state index in [2.05, 4.69) is 4.99 Å². The van der Waals surface area contributed by atoms with Gasteiger partial charge in [0.05, 0.1) is 27.1 Å².